The summed E-state index contributed by atoms with van der Waals surface area (Å²) in [5.41, 5.74) is -2.30. The second-order valence-corrected chi connectivity index (χ2v) is 14.5. The second-order valence-electron chi connectivity index (χ2n) is 10.2. The molecule has 1 heterocycles. The van der Waals surface area contributed by atoms with Crippen molar-refractivity contribution in [2.45, 2.75) is 80.6 Å². The average Bonchev–Trinajstić information content (AvgIpc) is 3.03. The van der Waals surface area contributed by atoms with Gasteiger partial charge in [-0.2, -0.15) is 4.72 Å². The summed E-state index contributed by atoms with van der Waals surface area (Å²) in [6.45, 7) is 7.28. The number of Topliss-reactive ketones (excluding diaryl/α,β-unsaturated/α-hetero) is 1. The first kappa shape index (κ1) is 33.1. The first-order valence-corrected chi connectivity index (χ1v) is 15.4. The molecule has 0 saturated carbocycles. The first-order valence-electron chi connectivity index (χ1n) is 11.7. The van der Waals surface area contributed by atoms with E-state index in [1.54, 1.807) is 13.8 Å². The van der Waals surface area contributed by atoms with Crippen molar-refractivity contribution < 1.29 is 35.6 Å². The summed E-state index contributed by atoms with van der Waals surface area (Å²) in [5.74, 6) is -0.990. The Bertz CT molecular complexity index is 1390. The van der Waals surface area contributed by atoms with E-state index in [1.807, 2.05) is 0 Å². The van der Waals surface area contributed by atoms with Crippen LogP contribution in [0.3, 0.4) is 0 Å². The molecule has 0 aliphatic carbocycles. The Morgan fingerprint density at radius 3 is 1.79 bits per heavy atom. The predicted octanol–water partition coefficient (Wildman–Crippen LogP) is 4.43. The van der Waals surface area contributed by atoms with E-state index in [0.717, 1.165) is 0 Å². The molecule has 2 aromatic carbocycles. The number of hydrogen-bond acceptors (Lipinski definition) is 7. The van der Waals surface area contributed by atoms with Crippen LogP contribution in [0.4, 0.5) is 4.39 Å². The Labute approximate surface area is 238 Å². The summed E-state index contributed by atoms with van der Waals surface area (Å²) in [5, 5.41) is 0.845. The van der Waals surface area contributed by atoms with Crippen molar-refractivity contribution in [3.8, 4) is 0 Å². The summed E-state index contributed by atoms with van der Waals surface area (Å²) >= 11 is 11.4. The van der Waals surface area contributed by atoms with Gasteiger partial charge in [-0.1, -0.05) is 23.2 Å². The van der Waals surface area contributed by atoms with Crippen molar-refractivity contribution in [3.05, 3.63) is 58.6 Å². The Hall–Kier alpha value is -2.09. The topological polar surface area (TPSA) is 136 Å². The number of sulfonamides is 2. The Balaban J connectivity index is 0.000000274. The molecule has 2 aromatic rings. The number of rotatable bonds is 9. The number of ether oxygens (including phenoxy) is 1. The van der Waals surface area contributed by atoms with Crippen LogP contribution in [-0.2, 0) is 34.4 Å². The molecule has 0 bridgehead atoms. The lowest BCUT2D eigenvalue weighted by molar-refractivity contribution is -0.147. The van der Waals surface area contributed by atoms with E-state index < -0.39 is 55.2 Å². The lowest BCUT2D eigenvalue weighted by Crippen LogP contribution is -2.43. The largest absolute Gasteiger partial charge is 0.458 e. The van der Waals surface area contributed by atoms with E-state index in [-0.39, 0.29) is 16.2 Å². The number of nitrogens with one attached hydrogen (secondary N) is 2. The van der Waals surface area contributed by atoms with Crippen LogP contribution >= 0.6 is 23.2 Å². The van der Waals surface area contributed by atoms with Gasteiger partial charge in [-0.15, -0.1) is 0 Å². The molecule has 1 saturated heterocycles. The number of esters is 1. The smallest absolute Gasteiger partial charge is 0.324 e. The van der Waals surface area contributed by atoms with E-state index in [0.29, 0.717) is 16.5 Å². The first-order chi connectivity index (χ1) is 17.7. The predicted molar refractivity (Wildman–Crippen MR) is 146 cm³/mol. The van der Waals surface area contributed by atoms with Gasteiger partial charge >= 0.3 is 5.97 Å². The van der Waals surface area contributed by atoms with Crippen molar-refractivity contribution in [2.75, 3.05) is 0 Å². The summed E-state index contributed by atoms with van der Waals surface area (Å²) in [7, 11) is -7.64. The van der Waals surface area contributed by atoms with Gasteiger partial charge in [0.2, 0.25) is 20.0 Å². The van der Waals surface area contributed by atoms with Crippen LogP contribution in [0, 0.1) is 0 Å². The zero-order valence-corrected chi connectivity index (χ0v) is 25.1. The molecule has 2 atom stereocenters. The minimum Gasteiger partial charge on any atom is -0.458 e. The Kier molecular flexibility index (Phi) is 10.7. The lowest BCUT2D eigenvalue weighted by atomic mass is 9.99. The third-order valence-electron chi connectivity index (χ3n) is 5.38. The molecule has 9 nitrogen and oxygen atoms in total. The molecule has 1 fully saturated rings. The Morgan fingerprint density at radius 2 is 1.44 bits per heavy atom. The highest BCUT2D eigenvalue weighted by Crippen LogP contribution is 2.27. The number of ketones is 1. The van der Waals surface area contributed by atoms with Gasteiger partial charge in [-0.05, 0) is 83.1 Å². The molecule has 0 spiro atoms. The summed E-state index contributed by atoms with van der Waals surface area (Å²) < 4.78 is 71.7. The van der Waals surface area contributed by atoms with Gasteiger partial charge in [-0.25, -0.2) is 25.9 Å². The lowest BCUT2D eigenvalue weighted by Gasteiger charge is -2.22. The number of halogens is 3. The third kappa shape index (κ3) is 10.4. The fourth-order valence-corrected chi connectivity index (χ4v) is 6.23. The van der Waals surface area contributed by atoms with Gasteiger partial charge in [0.05, 0.1) is 15.8 Å². The van der Waals surface area contributed by atoms with Crippen molar-refractivity contribution in [1.29, 1.82) is 0 Å². The summed E-state index contributed by atoms with van der Waals surface area (Å²) in [4.78, 5) is 23.1. The molecule has 14 heteroatoms. The van der Waals surface area contributed by atoms with E-state index in [2.05, 4.69) is 9.44 Å². The zero-order chi connectivity index (χ0) is 29.8. The van der Waals surface area contributed by atoms with Crippen LogP contribution in [0.5, 0.6) is 0 Å². The summed E-state index contributed by atoms with van der Waals surface area (Å²) in [6.07, 6.45) is 0.0772. The second kappa shape index (κ2) is 12.6. The third-order valence-corrected chi connectivity index (χ3v) is 8.86. The Morgan fingerprint density at radius 1 is 1.00 bits per heavy atom. The molecule has 0 radical (unpaired) electrons. The monoisotopic (exact) mass is 624 g/mol. The number of benzene rings is 2. The van der Waals surface area contributed by atoms with Crippen LogP contribution in [0.2, 0.25) is 10.0 Å². The normalized spacial score (nSPS) is 18.1. The zero-order valence-electron chi connectivity index (χ0n) is 22.0. The van der Waals surface area contributed by atoms with Crippen LogP contribution in [-0.4, -0.2) is 51.9 Å². The van der Waals surface area contributed by atoms with Gasteiger partial charge in [0.25, 0.3) is 0 Å². The molecule has 39 heavy (non-hydrogen) atoms. The van der Waals surface area contributed by atoms with Gasteiger partial charge in [0, 0.05) is 22.9 Å². The maximum atomic E-state index is 13.6. The number of alkyl halides is 1. The fraction of sp³-hybridized carbons (Fsp3) is 0.440. The molecule has 3 rings (SSSR count). The van der Waals surface area contributed by atoms with Gasteiger partial charge in [0.15, 0.2) is 0 Å². The van der Waals surface area contributed by atoms with Crippen LogP contribution < -0.4 is 9.44 Å². The molecular formula is C25H31Cl2FN2O7S2. The number of cyclic esters (lactones) is 1. The van der Waals surface area contributed by atoms with Crippen LogP contribution in [0.1, 0.15) is 47.5 Å². The van der Waals surface area contributed by atoms with Crippen molar-refractivity contribution in [1.82, 2.24) is 9.44 Å². The minimum absolute atomic E-state index is 0.0233. The highest BCUT2D eigenvalue weighted by molar-refractivity contribution is 7.89. The van der Waals surface area contributed by atoms with E-state index >= 15 is 0 Å². The van der Waals surface area contributed by atoms with Crippen molar-refractivity contribution >= 4 is 55.0 Å². The van der Waals surface area contributed by atoms with Crippen LogP contribution in [0.15, 0.2) is 58.3 Å². The van der Waals surface area contributed by atoms with E-state index in [1.165, 1.54) is 69.3 Å². The molecular weight excluding hydrogens is 594 g/mol. The standard InChI is InChI=1S/C13H17ClFNO3S.C12H14ClNO4S/c1-9(17)12(8-13(2,3)15)16-20(18,19)11-6-4-10(14)5-7-11;1-12(2)7-10(11(15)18-12)14-19(16,17)9-5-3-8(13)4-6-9/h4-7,12,16H,8H2,1-3H3;3-6,10,14H,7H2,1-2H3. The summed E-state index contributed by atoms with van der Waals surface area (Å²) in [6, 6.07) is 9.28. The van der Waals surface area contributed by atoms with Crippen molar-refractivity contribution in [3.63, 3.8) is 0 Å². The highest BCUT2D eigenvalue weighted by Gasteiger charge is 2.42. The van der Waals surface area contributed by atoms with E-state index in [4.69, 9.17) is 27.9 Å². The maximum absolute atomic E-state index is 13.6. The highest BCUT2D eigenvalue weighted by atomic mass is 35.5. The molecule has 0 amide bonds. The van der Waals surface area contributed by atoms with Gasteiger partial charge < -0.3 is 4.74 Å². The SMILES string of the molecule is CC(=O)C(CC(C)(C)F)NS(=O)(=O)c1ccc(Cl)cc1.CC1(C)CC(NS(=O)(=O)c2ccc(Cl)cc2)C(=O)O1. The number of carbonyl (C=O) groups excluding carboxylic acids is 2. The fourth-order valence-electron chi connectivity index (χ4n) is 3.54. The molecule has 1 aliphatic rings. The molecule has 216 valence electrons. The quantitative estimate of drug-likeness (QED) is 0.394. The molecule has 1 aliphatic heterocycles. The molecule has 2 N–H and O–H groups in total. The van der Waals surface area contributed by atoms with Gasteiger partial charge in [0.1, 0.15) is 23.1 Å². The maximum Gasteiger partial charge on any atom is 0.324 e. The average molecular weight is 626 g/mol. The van der Waals surface area contributed by atoms with E-state index in [9.17, 15) is 30.8 Å². The minimum atomic E-state index is -3.89. The van der Waals surface area contributed by atoms with Gasteiger partial charge in [-0.3, -0.25) is 9.59 Å². The molecule has 0 aromatic heterocycles. The van der Waals surface area contributed by atoms with Crippen LogP contribution in [0.25, 0.3) is 0 Å². The number of carbonyl (C=O) groups is 2. The van der Waals surface area contributed by atoms with Crippen molar-refractivity contribution in [2.24, 2.45) is 0 Å². The number of hydrogen-bond donors (Lipinski definition) is 2. The molecule has 2 unspecified atom stereocenters.